The molecule has 1 unspecified atom stereocenters. The Labute approximate surface area is 277 Å². The van der Waals surface area contributed by atoms with Gasteiger partial charge in [-0.1, -0.05) is 146 Å². The van der Waals surface area contributed by atoms with E-state index in [-0.39, 0.29) is 5.92 Å². The van der Waals surface area contributed by atoms with Crippen LogP contribution in [-0.4, -0.2) is 19.5 Å². The summed E-state index contributed by atoms with van der Waals surface area (Å²) < 4.78 is 2.45. The van der Waals surface area contributed by atoms with E-state index in [0.29, 0.717) is 11.6 Å². The quantitative estimate of drug-likeness (QED) is 0.199. The van der Waals surface area contributed by atoms with Gasteiger partial charge in [0, 0.05) is 33.2 Å². The van der Waals surface area contributed by atoms with Crippen LogP contribution in [0.25, 0.3) is 72.2 Å². The van der Waals surface area contributed by atoms with E-state index in [0.717, 1.165) is 22.6 Å². The Morgan fingerprint density at radius 1 is 0.458 bits per heavy atom. The van der Waals surface area contributed by atoms with Crippen LogP contribution in [0.15, 0.2) is 164 Å². The van der Waals surface area contributed by atoms with Gasteiger partial charge in [-0.15, -0.1) is 0 Å². The Morgan fingerprint density at radius 2 is 1.00 bits per heavy atom. The molecule has 224 valence electrons. The summed E-state index contributed by atoms with van der Waals surface area (Å²) >= 11 is 0. The molecule has 4 nitrogen and oxygen atoms in total. The summed E-state index contributed by atoms with van der Waals surface area (Å²) in [5.74, 6) is 1.87. The molecule has 0 saturated heterocycles. The summed E-state index contributed by atoms with van der Waals surface area (Å²) in [6, 6.07) is 57.7. The SMILES string of the molecule is c1ccc(-c2nc(-c3ccccc3)nc(C3c4ccccc4-c4c3c3c(c5ccccc45)c4ccccc4n3-c3ccccc3)n2)cc1. The van der Waals surface area contributed by atoms with Gasteiger partial charge in [-0.05, 0) is 45.7 Å². The molecule has 0 spiro atoms. The van der Waals surface area contributed by atoms with E-state index < -0.39 is 0 Å². The molecule has 0 amide bonds. The molecule has 0 fully saturated rings. The van der Waals surface area contributed by atoms with Crippen LogP contribution in [0, 0.1) is 0 Å². The Hall–Kier alpha value is -6.39. The second-order valence-corrected chi connectivity index (χ2v) is 12.3. The summed E-state index contributed by atoms with van der Waals surface area (Å²) in [5.41, 5.74) is 10.3. The minimum absolute atomic E-state index is 0.219. The standard InChI is InChI=1S/C44H28N4/c1-4-16-28(17-5-1)42-45-43(29-18-6-2-7-19-29)47-44(46-42)39-34-25-13-11-23-32(34)37-31-22-10-12-24-33(31)38-35-26-14-15-27-36(35)48(41(38)40(37)39)30-20-8-3-9-21-30/h1-27,39H. The molecule has 0 aliphatic heterocycles. The number of para-hydroxylation sites is 2. The highest BCUT2D eigenvalue weighted by atomic mass is 15.0. The Kier molecular flexibility index (Phi) is 5.90. The molecule has 2 aromatic heterocycles. The monoisotopic (exact) mass is 612 g/mol. The van der Waals surface area contributed by atoms with E-state index in [1.165, 1.54) is 54.8 Å². The smallest absolute Gasteiger partial charge is 0.163 e. The number of aromatic nitrogens is 4. The molecule has 0 radical (unpaired) electrons. The third-order valence-corrected chi connectivity index (χ3v) is 9.68. The van der Waals surface area contributed by atoms with E-state index in [1.807, 2.05) is 36.4 Å². The molecule has 1 aliphatic rings. The maximum absolute atomic E-state index is 5.32. The number of nitrogens with zero attached hydrogens (tertiary/aromatic N) is 4. The van der Waals surface area contributed by atoms with Crippen LogP contribution in [-0.2, 0) is 0 Å². The van der Waals surface area contributed by atoms with Crippen LogP contribution in [0.2, 0.25) is 0 Å². The van der Waals surface area contributed by atoms with Crippen molar-refractivity contribution in [1.29, 1.82) is 0 Å². The molecule has 4 heteroatoms. The molecule has 10 rings (SSSR count). The lowest BCUT2D eigenvalue weighted by Gasteiger charge is -2.19. The summed E-state index contributed by atoms with van der Waals surface area (Å²) in [6.07, 6.45) is 0. The first-order valence-electron chi connectivity index (χ1n) is 16.3. The minimum Gasteiger partial charge on any atom is -0.309 e. The predicted octanol–water partition coefficient (Wildman–Crippen LogP) is 10.6. The highest BCUT2D eigenvalue weighted by molar-refractivity contribution is 6.26. The molecule has 1 atom stereocenters. The first-order valence-corrected chi connectivity index (χ1v) is 16.3. The largest absolute Gasteiger partial charge is 0.309 e. The fraction of sp³-hybridized carbons (Fsp3) is 0.0227. The van der Waals surface area contributed by atoms with Crippen molar-refractivity contribution in [3.05, 3.63) is 181 Å². The van der Waals surface area contributed by atoms with Gasteiger partial charge >= 0.3 is 0 Å². The van der Waals surface area contributed by atoms with Gasteiger partial charge in [-0.2, -0.15) is 0 Å². The van der Waals surface area contributed by atoms with Crippen molar-refractivity contribution in [2.45, 2.75) is 5.92 Å². The molecule has 0 saturated carbocycles. The van der Waals surface area contributed by atoms with Crippen molar-refractivity contribution >= 4 is 32.6 Å². The predicted molar refractivity (Wildman–Crippen MR) is 195 cm³/mol. The van der Waals surface area contributed by atoms with E-state index in [9.17, 15) is 0 Å². The van der Waals surface area contributed by atoms with Crippen molar-refractivity contribution in [3.63, 3.8) is 0 Å². The van der Waals surface area contributed by atoms with Gasteiger partial charge in [-0.3, -0.25) is 0 Å². The van der Waals surface area contributed by atoms with Crippen molar-refractivity contribution in [2.24, 2.45) is 0 Å². The number of benzene rings is 7. The normalized spacial score (nSPS) is 13.6. The maximum Gasteiger partial charge on any atom is 0.163 e. The van der Waals surface area contributed by atoms with Gasteiger partial charge in [0.15, 0.2) is 11.6 Å². The minimum atomic E-state index is -0.219. The summed E-state index contributed by atoms with van der Waals surface area (Å²) in [5, 5.41) is 4.97. The van der Waals surface area contributed by atoms with Gasteiger partial charge in [-0.25, -0.2) is 15.0 Å². The van der Waals surface area contributed by atoms with Crippen LogP contribution in [0.3, 0.4) is 0 Å². The van der Waals surface area contributed by atoms with E-state index in [2.05, 4.69) is 132 Å². The first-order chi connectivity index (χ1) is 23.8. The Balaban J connectivity index is 1.39. The molecule has 1 aliphatic carbocycles. The fourth-order valence-electron chi connectivity index (χ4n) is 7.72. The van der Waals surface area contributed by atoms with Gasteiger partial charge < -0.3 is 4.57 Å². The van der Waals surface area contributed by atoms with E-state index >= 15 is 0 Å². The van der Waals surface area contributed by atoms with Crippen LogP contribution in [0.4, 0.5) is 0 Å². The molecule has 48 heavy (non-hydrogen) atoms. The lowest BCUT2D eigenvalue weighted by atomic mass is 9.90. The topological polar surface area (TPSA) is 43.6 Å². The van der Waals surface area contributed by atoms with E-state index in [4.69, 9.17) is 15.0 Å². The highest BCUT2D eigenvalue weighted by Gasteiger charge is 2.38. The number of rotatable bonds is 4. The van der Waals surface area contributed by atoms with Gasteiger partial charge in [0.25, 0.3) is 0 Å². The highest BCUT2D eigenvalue weighted by Crippen LogP contribution is 2.55. The summed E-state index contributed by atoms with van der Waals surface area (Å²) in [6.45, 7) is 0. The second-order valence-electron chi connectivity index (χ2n) is 12.3. The zero-order valence-electron chi connectivity index (χ0n) is 26.0. The van der Waals surface area contributed by atoms with Crippen LogP contribution >= 0.6 is 0 Å². The van der Waals surface area contributed by atoms with Gasteiger partial charge in [0.1, 0.15) is 5.82 Å². The third-order valence-electron chi connectivity index (χ3n) is 9.68. The lowest BCUT2D eigenvalue weighted by molar-refractivity contribution is 0.857. The zero-order valence-corrected chi connectivity index (χ0v) is 26.0. The number of hydrogen-bond donors (Lipinski definition) is 0. The van der Waals surface area contributed by atoms with Crippen LogP contribution in [0.1, 0.15) is 22.9 Å². The molecule has 0 bridgehead atoms. The molecule has 7 aromatic carbocycles. The van der Waals surface area contributed by atoms with Gasteiger partial charge in [0.05, 0.1) is 17.0 Å². The maximum atomic E-state index is 5.32. The summed E-state index contributed by atoms with van der Waals surface area (Å²) in [7, 11) is 0. The average molecular weight is 613 g/mol. The van der Waals surface area contributed by atoms with Crippen LogP contribution < -0.4 is 0 Å². The lowest BCUT2D eigenvalue weighted by Crippen LogP contribution is -2.10. The molecule has 9 aromatic rings. The number of fused-ring (bicyclic) bond motifs is 10. The van der Waals surface area contributed by atoms with E-state index in [1.54, 1.807) is 0 Å². The zero-order chi connectivity index (χ0) is 31.6. The summed E-state index contributed by atoms with van der Waals surface area (Å²) in [4.78, 5) is 15.7. The average Bonchev–Trinajstić information content (AvgIpc) is 3.70. The second kappa shape index (κ2) is 10.6. The van der Waals surface area contributed by atoms with Crippen LogP contribution in [0.5, 0.6) is 0 Å². The fourth-order valence-corrected chi connectivity index (χ4v) is 7.72. The Bertz CT molecular complexity index is 2600. The first kappa shape index (κ1) is 26.8. The molecule has 0 N–H and O–H groups in total. The molecular weight excluding hydrogens is 585 g/mol. The van der Waals surface area contributed by atoms with Crippen molar-refractivity contribution in [1.82, 2.24) is 19.5 Å². The van der Waals surface area contributed by atoms with Crippen molar-refractivity contribution in [3.8, 4) is 39.6 Å². The van der Waals surface area contributed by atoms with Crippen molar-refractivity contribution < 1.29 is 0 Å². The number of hydrogen-bond acceptors (Lipinski definition) is 3. The molecular formula is C44H28N4. The third kappa shape index (κ3) is 3.93. The van der Waals surface area contributed by atoms with Crippen molar-refractivity contribution in [2.75, 3.05) is 0 Å². The molecule has 2 heterocycles. The van der Waals surface area contributed by atoms with Gasteiger partial charge in [0.2, 0.25) is 0 Å². The Morgan fingerprint density at radius 3 is 1.69 bits per heavy atom.